The zero-order chi connectivity index (χ0) is 15.4. The molecule has 1 atom stereocenters. The van der Waals surface area contributed by atoms with Crippen LogP contribution in [0.15, 0.2) is 40.9 Å². The molecule has 2 rings (SSSR count). The molecule has 1 unspecified atom stereocenters. The molecule has 0 spiro atoms. The van der Waals surface area contributed by atoms with Crippen LogP contribution >= 0.6 is 15.9 Å². The van der Waals surface area contributed by atoms with Gasteiger partial charge < -0.3 is 15.2 Å². The van der Waals surface area contributed by atoms with Crippen LogP contribution in [-0.2, 0) is 6.42 Å². The number of ether oxygens (including phenoxy) is 2. The van der Waals surface area contributed by atoms with Crippen molar-refractivity contribution in [2.45, 2.75) is 12.5 Å². The van der Waals surface area contributed by atoms with E-state index in [2.05, 4.69) is 15.9 Å². The fourth-order valence-electron chi connectivity index (χ4n) is 2.24. The fraction of sp³-hybridized carbons (Fsp3) is 0.250. The summed E-state index contributed by atoms with van der Waals surface area (Å²) in [5.74, 6) is 1.05. The van der Waals surface area contributed by atoms with Crippen LogP contribution in [0.1, 0.15) is 17.2 Å². The van der Waals surface area contributed by atoms with Crippen molar-refractivity contribution < 1.29 is 13.9 Å². The zero-order valence-electron chi connectivity index (χ0n) is 11.9. The molecule has 112 valence electrons. The Kier molecular flexibility index (Phi) is 5.20. The summed E-state index contributed by atoms with van der Waals surface area (Å²) in [6.07, 6.45) is 0.521. The van der Waals surface area contributed by atoms with Gasteiger partial charge in [-0.3, -0.25) is 0 Å². The Hall–Kier alpha value is -1.59. The average molecular weight is 354 g/mol. The first kappa shape index (κ1) is 15.8. The maximum atomic E-state index is 13.2. The molecule has 2 N–H and O–H groups in total. The van der Waals surface area contributed by atoms with E-state index in [1.54, 1.807) is 20.3 Å². The highest BCUT2D eigenvalue weighted by Crippen LogP contribution is 2.39. The van der Waals surface area contributed by atoms with Crippen molar-refractivity contribution in [3.05, 3.63) is 57.8 Å². The molecule has 0 aromatic heterocycles. The Labute approximate surface area is 132 Å². The summed E-state index contributed by atoms with van der Waals surface area (Å²) in [7, 11) is 3.17. The van der Waals surface area contributed by atoms with E-state index in [4.69, 9.17) is 15.2 Å². The van der Waals surface area contributed by atoms with Crippen molar-refractivity contribution in [3.63, 3.8) is 0 Å². The molecular formula is C16H17BrFNO2. The molecule has 21 heavy (non-hydrogen) atoms. The van der Waals surface area contributed by atoms with Crippen LogP contribution in [0.4, 0.5) is 4.39 Å². The molecule has 0 aliphatic heterocycles. The minimum Gasteiger partial charge on any atom is -0.495 e. The summed E-state index contributed by atoms with van der Waals surface area (Å²) >= 11 is 3.45. The summed E-state index contributed by atoms with van der Waals surface area (Å²) < 4.78 is 24.6. The van der Waals surface area contributed by atoms with E-state index < -0.39 is 0 Å². The molecule has 2 aromatic carbocycles. The Bertz CT molecular complexity index is 634. The van der Waals surface area contributed by atoms with E-state index in [1.165, 1.54) is 12.1 Å². The van der Waals surface area contributed by atoms with Gasteiger partial charge in [0.2, 0.25) is 0 Å². The number of methoxy groups -OCH3 is 2. The van der Waals surface area contributed by atoms with Gasteiger partial charge in [0.1, 0.15) is 21.8 Å². The number of rotatable bonds is 5. The summed E-state index contributed by atoms with van der Waals surface area (Å²) in [6.45, 7) is 0. The summed E-state index contributed by atoms with van der Waals surface area (Å²) in [5, 5.41) is 0. The summed E-state index contributed by atoms with van der Waals surface area (Å²) in [4.78, 5) is 0. The topological polar surface area (TPSA) is 44.5 Å². The molecule has 0 heterocycles. The van der Waals surface area contributed by atoms with E-state index in [-0.39, 0.29) is 11.9 Å². The first-order chi connectivity index (χ1) is 10.1. The third-order valence-corrected chi connectivity index (χ3v) is 4.01. The second-order valence-electron chi connectivity index (χ2n) is 4.64. The van der Waals surface area contributed by atoms with E-state index in [1.807, 2.05) is 18.2 Å². The van der Waals surface area contributed by atoms with Crippen LogP contribution in [0.3, 0.4) is 0 Å². The number of hydrogen-bond acceptors (Lipinski definition) is 3. The second-order valence-corrected chi connectivity index (χ2v) is 5.44. The molecule has 0 amide bonds. The second kappa shape index (κ2) is 6.91. The first-order valence-electron chi connectivity index (χ1n) is 6.47. The van der Waals surface area contributed by atoms with Gasteiger partial charge in [0.25, 0.3) is 0 Å². The molecule has 3 nitrogen and oxygen atoms in total. The van der Waals surface area contributed by atoms with Gasteiger partial charge in [0.15, 0.2) is 0 Å². The molecule has 0 bridgehead atoms. The van der Waals surface area contributed by atoms with Crippen molar-refractivity contribution in [2.75, 3.05) is 14.2 Å². The Morgan fingerprint density at radius 1 is 1.19 bits per heavy atom. The van der Waals surface area contributed by atoms with Crippen LogP contribution < -0.4 is 15.2 Å². The normalized spacial score (nSPS) is 12.0. The Morgan fingerprint density at radius 2 is 1.95 bits per heavy atom. The van der Waals surface area contributed by atoms with Crippen LogP contribution in [0, 0.1) is 5.82 Å². The van der Waals surface area contributed by atoms with Crippen LogP contribution in [0.5, 0.6) is 11.5 Å². The molecular weight excluding hydrogens is 337 g/mol. The van der Waals surface area contributed by atoms with Crippen molar-refractivity contribution >= 4 is 15.9 Å². The Balaban J connectivity index is 2.30. The smallest absolute Gasteiger partial charge is 0.141 e. The van der Waals surface area contributed by atoms with Crippen molar-refractivity contribution in [1.29, 1.82) is 0 Å². The lowest BCUT2D eigenvalue weighted by atomic mass is 9.98. The van der Waals surface area contributed by atoms with Gasteiger partial charge in [0, 0.05) is 11.6 Å². The number of hydrogen-bond donors (Lipinski definition) is 1. The van der Waals surface area contributed by atoms with Crippen molar-refractivity contribution in [2.24, 2.45) is 5.73 Å². The molecule has 0 saturated carbocycles. The predicted octanol–water partition coefficient (Wildman–Crippen LogP) is 3.85. The van der Waals surface area contributed by atoms with E-state index in [0.29, 0.717) is 17.9 Å². The standard InChI is InChI=1S/C16H17BrFNO2/c1-20-14-7-6-12(16(21-2)15(14)17)13(19)9-10-4-3-5-11(18)8-10/h3-8,13H,9,19H2,1-2H3. The maximum Gasteiger partial charge on any atom is 0.141 e. The van der Waals surface area contributed by atoms with Crippen molar-refractivity contribution in [1.82, 2.24) is 0 Å². The highest BCUT2D eigenvalue weighted by atomic mass is 79.9. The van der Waals surface area contributed by atoms with E-state index in [0.717, 1.165) is 15.6 Å². The highest BCUT2D eigenvalue weighted by Gasteiger charge is 2.18. The maximum absolute atomic E-state index is 13.2. The third-order valence-electron chi connectivity index (χ3n) is 3.26. The van der Waals surface area contributed by atoms with Crippen LogP contribution in [-0.4, -0.2) is 14.2 Å². The fourth-order valence-corrected chi connectivity index (χ4v) is 2.92. The summed E-state index contributed by atoms with van der Waals surface area (Å²) in [6, 6.07) is 9.83. The number of nitrogens with two attached hydrogens (primary N) is 1. The quantitative estimate of drug-likeness (QED) is 0.887. The van der Waals surface area contributed by atoms with Gasteiger partial charge in [-0.1, -0.05) is 12.1 Å². The predicted molar refractivity (Wildman–Crippen MR) is 84.3 cm³/mol. The minimum atomic E-state index is -0.302. The Morgan fingerprint density at radius 3 is 2.57 bits per heavy atom. The molecule has 0 aliphatic carbocycles. The molecule has 0 aliphatic rings. The highest BCUT2D eigenvalue weighted by molar-refractivity contribution is 9.10. The molecule has 0 fully saturated rings. The van der Waals surface area contributed by atoms with Crippen LogP contribution in [0.2, 0.25) is 0 Å². The van der Waals surface area contributed by atoms with Gasteiger partial charge >= 0.3 is 0 Å². The minimum absolute atomic E-state index is 0.262. The van der Waals surface area contributed by atoms with Crippen molar-refractivity contribution in [3.8, 4) is 11.5 Å². The molecule has 0 radical (unpaired) electrons. The monoisotopic (exact) mass is 353 g/mol. The SMILES string of the molecule is COc1ccc(C(N)Cc2cccc(F)c2)c(OC)c1Br. The molecule has 2 aromatic rings. The first-order valence-corrected chi connectivity index (χ1v) is 7.26. The summed E-state index contributed by atoms with van der Waals surface area (Å²) in [5.41, 5.74) is 7.94. The lowest BCUT2D eigenvalue weighted by molar-refractivity contribution is 0.383. The van der Waals surface area contributed by atoms with Gasteiger partial charge in [-0.05, 0) is 52.2 Å². The lowest BCUT2D eigenvalue weighted by Crippen LogP contribution is -2.15. The van der Waals surface area contributed by atoms with Gasteiger partial charge in [0.05, 0.1) is 14.2 Å². The molecule has 0 saturated heterocycles. The van der Waals surface area contributed by atoms with Gasteiger partial charge in [-0.15, -0.1) is 0 Å². The third kappa shape index (κ3) is 3.54. The number of benzene rings is 2. The van der Waals surface area contributed by atoms with E-state index in [9.17, 15) is 4.39 Å². The lowest BCUT2D eigenvalue weighted by Gasteiger charge is -2.18. The average Bonchev–Trinajstić information content (AvgIpc) is 2.46. The number of halogens is 2. The molecule has 5 heteroatoms. The largest absolute Gasteiger partial charge is 0.495 e. The van der Waals surface area contributed by atoms with Gasteiger partial charge in [-0.25, -0.2) is 4.39 Å². The van der Waals surface area contributed by atoms with Crippen LogP contribution in [0.25, 0.3) is 0 Å². The van der Waals surface area contributed by atoms with E-state index >= 15 is 0 Å². The van der Waals surface area contributed by atoms with Gasteiger partial charge in [-0.2, -0.15) is 0 Å². The zero-order valence-corrected chi connectivity index (χ0v) is 13.5.